The molecule has 0 aliphatic rings. The Bertz CT molecular complexity index is 778. The summed E-state index contributed by atoms with van der Waals surface area (Å²) in [6, 6.07) is 15.1. The van der Waals surface area contributed by atoms with E-state index < -0.39 is 0 Å². The van der Waals surface area contributed by atoms with E-state index in [4.69, 9.17) is 22.2 Å². The van der Waals surface area contributed by atoms with E-state index in [1.807, 2.05) is 48.5 Å². The Labute approximate surface area is 126 Å². The number of hydrogen-bond acceptors (Lipinski definition) is 5. The number of nitrogens with two attached hydrogens (primary N) is 1. The quantitative estimate of drug-likeness (QED) is 0.572. The molecule has 21 heavy (non-hydrogen) atoms. The van der Waals surface area contributed by atoms with Crippen LogP contribution >= 0.6 is 11.6 Å². The van der Waals surface area contributed by atoms with Crippen molar-refractivity contribution < 1.29 is 4.74 Å². The van der Waals surface area contributed by atoms with Gasteiger partial charge in [0, 0.05) is 10.6 Å². The zero-order valence-corrected chi connectivity index (χ0v) is 11.8. The van der Waals surface area contributed by atoms with Crippen LogP contribution in [0.5, 0.6) is 5.88 Å². The number of benzene rings is 2. The van der Waals surface area contributed by atoms with Crippen molar-refractivity contribution in [2.75, 3.05) is 5.43 Å². The number of rotatable bonds is 4. The van der Waals surface area contributed by atoms with Gasteiger partial charge in [-0.15, -0.1) is 0 Å². The monoisotopic (exact) mass is 300 g/mol. The molecule has 0 unspecified atom stereocenters. The molecule has 6 heteroatoms. The van der Waals surface area contributed by atoms with Gasteiger partial charge in [-0.2, -0.15) is 4.98 Å². The second kappa shape index (κ2) is 5.95. The SMILES string of the molecule is NNc1nc(OCc2ccccc2Cl)c2ccccc2n1. The minimum atomic E-state index is 0.308. The summed E-state index contributed by atoms with van der Waals surface area (Å²) in [6.07, 6.45) is 0. The molecule has 3 aromatic rings. The Morgan fingerprint density at radius 3 is 2.62 bits per heavy atom. The molecule has 106 valence electrons. The number of ether oxygens (including phenoxy) is 1. The molecule has 5 nitrogen and oxygen atoms in total. The molecule has 0 bridgehead atoms. The Morgan fingerprint density at radius 1 is 1.05 bits per heavy atom. The van der Waals surface area contributed by atoms with Crippen LogP contribution in [0.1, 0.15) is 5.56 Å². The highest BCUT2D eigenvalue weighted by atomic mass is 35.5. The summed E-state index contributed by atoms with van der Waals surface area (Å²) in [6.45, 7) is 0.324. The van der Waals surface area contributed by atoms with E-state index in [0.717, 1.165) is 16.5 Å². The van der Waals surface area contributed by atoms with Crippen molar-refractivity contribution in [2.45, 2.75) is 6.61 Å². The van der Waals surface area contributed by atoms with E-state index in [9.17, 15) is 0 Å². The Morgan fingerprint density at radius 2 is 1.81 bits per heavy atom. The lowest BCUT2D eigenvalue weighted by Crippen LogP contribution is -2.11. The van der Waals surface area contributed by atoms with Crippen molar-refractivity contribution in [3.8, 4) is 5.88 Å². The topological polar surface area (TPSA) is 73.1 Å². The molecular weight excluding hydrogens is 288 g/mol. The molecule has 1 heterocycles. The summed E-state index contributed by atoms with van der Waals surface area (Å²) in [7, 11) is 0. The third-order valence-electron chi connectivity index (χ3n) is 3.02. The van der Waals surface area contributed by atoms with Gasteiger partial charge in [-0.25, -0.2) is 10.8 Å². The van der Waals surface area contributed by atoms with E-state index in [0.29, 0.717) is 23.5 Å². The van der Waals surface area contributed by atoms with Crippen molar-refractivity contribution in [2.24, 2.45) is 5.84 Å². The number of fused-ring (bicyclic) bond motifs is 1. The first-order valence-electron chi connectivity index (χ1n) is 6.37. The Kier molecular flexibility index (Phi) is 3.85. The van der Waals surface area contributed by atoms with Gasteiger partial charge in [0.05, 0.1) is 10.9 Å². The average Bonchev–Trinajstić information content (AvgIpc) is 2.53. The second-order valence-electron chi connectivity index (χ2n) is 4.39. The number of nitrogen functional groups attached to an aromatic ring is 1. The van der Waals surface area contributed by atoms with Crippen LogP contribution in [0.15, 0.2) is 48.5 Å². The zero-order chi connectivity index (χ0) is 14.7. The fourth-order valence-electron chi connectivity index (χ4n) is 1.98. The van der Waals surface area contributed by atoms with Crippen LogP contribution < -0.4 is 16.0 Å². The van der Waals surface area contributed by atoms with E-state index >= 15 is 0 Å². The maximum absolute atomic E-state index is 6.12. The molecule has 1 aromatic heterocycles. The van der Waals surface area contributed by atoms with Gasteiger partial charge in [0.2, 0.25) is 11.8 Å². The van der Waals surface area contributed by atoms with Gasteiger partial charge in [0.1, 0.15) is 6.61 Å². The van der Waals surface area contributed by atoms with E-state index in [2.05, 4.69) is 15.4 Å². The van der Waals surface area contributed by atoms with Crippen LogP contribution in [0.4, 0.5) is 5.95 Å². The van der Waals surface area contributed by atoms with E-state index in [-0.39, 0.29) is 0 Å². The van der Waals surface area contributed by atoms with E-state index in [1.165, 1.54) is 0 Å². The lowest BCUT2D eigenvalue weighted by atomic mass is 10.2. The third-order valence-corrected chi connectivity index (χ3v) is 3.39. The highest BCUT2D eigenvalue weighted by molar-refractivity contribution is 6.31. The molecule has 0 amide bonds. The Balaban J connectivity index is 1.94. The lowest BCUT2D eigenvalue weighted by Gasteiger charge is -2.10. The maximum atomic E-state index is 6.12. The van der Waals surface area contributed by atoms with Crippen molar-refractivity contribution in [3.05, 3.63) is 59.1 Å². The minimum Gasteiger partial charge on any atom is -0.472 e. The number of nitrogens with zero attached hydrogens (tertiary/aromatic N) is 2. The first kappa shape index (κ1) is 13.6. The molecule has 0 fully saturated rings. The predicted molar refractivity (Wildman–Crippen MR) is 83.1 cm³/mol. The number of anilines is 1. The molecule has 0 atom stereocenters. The maximum Gasteiger partial charge on any atom is 0.241 e. The summed E-state index contributed by atoms with van der Waals surface area (Å²) < 4.78 is 5.80. The van der Waals surface area contributed by atoms with Gasteiger partial charge in [-0.3, -0.25) is 5.43 Å². The number of para-hydroxylation sites is 1. The van der Waals surface area contributed by atoms with Crippen molar-refractivity contribution in [1.29, 1.82) is 0 Å². The fraction of sp³-hybridized carbons (Fsp3) is 0.0667. The average molecular weight is 301 g/mol. The summed E-state index contributed by atoms with van der Waals surface area (Å²) in [5.74, 6) is 6.16. The lowest BCUT2D eigenvalue weighted by molar-refractivity contribution is 0.298. The molecule has 0 saturated heterocycles. The normalized spacial score (nSPS) is 10.6. The van der Waals surface area contributed by atoms with Crippen LogP contribution in [0.25, 0.3) is 10.9 Å². The minimum absolute atomic E-state index is 0.308. The fourth-order valence-corrected chi connectivity index (χ4v) is 2.17. The number of hydrogen-bond donors (Lipinski definition) is 2. The molecule has 0 aliphatic carbocycles. The van der Waals surface area contributed by atoms with Gasteiger partial charge in [-0.05, 0) is 18.2 Å². The number of hydrazine groups is 1. The van der Waals surface area contributed by atoms with Crippen molar-refractivity contribution in [3.63, 3.8) is 0 Å². The van der Waals surface area contributed by atoms with Crippen molar-refractivity contribution >= 4 is 28.5 Å². The molecule has 0 saturated carbocycles. The molecule has 2 aromatic carbocycles. The smallest absolute Gasteiger partial charge is 0.241 e. The summed E-state index contributed by atoms with van der Waals surface area (Å²) >= 11 is 6.12. The van der Waals surface area contributed by atoms with Crippen LogP contribution in [0.3, 0.4) is 0 Å². The molecular formula is C15H13ClN4O. The summed E-state index contributed by atoms with van der Waals surface area (Å²) in [4.78, 5) is 8.53. The van der Waals surface area contributed by atoms with Gasteiger partial charge < -0.3 is 4.74 Å². The van der Waals surface area contributed by atoms with Crippen LogP contribution in [-0.4, -0.2) is 9.97 Å². The van der Waals surface area contributed by atoms with Gasteiger partial charge in [-0.1, -0.05) is 41.9 Å². The van der Waals surface area contributed by atoms with Gasteiger partial charge in [0.15, 0.2) is 0 Å². The van der Waals surface area contributed by atoms with Crippen LogP contribution in [0, 0.1) is 0 Å². The Hall–Kier alpha value is -2.37. The molecule has 0 radical (unpaired) electrons. The number of nitrogens with one attached hydrogen (secondary N) is 1. The van der Waals surface area contributed by atoms with E-state index in [1.54, 1.807) is 0 Å². The summed E-state index contributed by atoms with van der Waals surface area (Å²) in [5.41, 5.74) is 4.09. The third kappa shape index (κ3) is 2.89. The van der Waals surface area contributed by atoms with Gasteiger partial charge in [0.25, 0.3) is 0 Å². The standard InChI is InChI=1S/C15H13ClN4O/c16-12-7-3-1-5-10(12)9-21-14-11-6-2-4-8-13(11)18-15(19-14)20-17/h1-8H,9,17H2,(H,18,19,20). The first-order valence-corrected chi connectivity index (χ1v) is 6.75. The van der Waals surface area contributed by atoms with Crippen molar-refractivity contribution in [1.82, 2.24) is 9.97 Å². The zero-order valence-electron chi connectivity index (χ0n) is 11.1. The van der Waals surface area contributed by atoms with Gasteiger partial charge >= 0.3 is 0 Å². The number of aromatic nitrogens is 2. The highest BCUT2D eigenvalue weighted by Gasteiger charge is 2.09. The number of halogens is 1. The predicted octanol–water partition coefficient (Wildman–Crippen LogP) is 3.15. The molecule has 3 rings (SSSR count). The largest absolute Gasteiger partial charge is 0.472 e. The van der Waals surface area contributed by atoms with Crippen LogP contribution in [0.2, 0.25) is 5.02 Å². The highest BCUT2D eigenvalue weighted by Crippen LogP contribution is 2.25. The van der Waals surface area contributed by atoms with Crippen LogP contribution in [-0.2, 0) is 6.61 Å². The molecule has 0 aliphatic heterocycles. The first-order chi connectivity index (χ1) is 10.3. The molecule has 0 spiro atoms. The molecule has 3 N–H and O–H groups in total. The summed E-state index contributed by atoms with van der Waals surface area (Å²) in [5, 5.41) is 1.48. The second-order valence-corrected chi connectivity index (χ2v) is 4.80.